The molecule has 0 radical (unpaired) electrons. The Labute approximate surface area is 141 Å². The quantitative estimate of drug-likeness (QED) is 0.921. The van der Waals surface area contributed by atoms with E-state index in [0.717, 1.165) is 25.7 Å². The topological polar surface area (TPSA) is 66.8 Å². The summed E-state index contributed by atoms with van der Waals surface area (Å²) < 4.78 is 5.31. The number of aryl methyl sites for hydroxylation is 1. The number of amides is 1. The summed E-state index contributed by atoms with van der Waals surface area (Å²) in [6.45, 7) is 0.389. The van der Waals surface area contributed by atoms with E-state index >= 15 is 0 Å². The fourth-order valence-corrected chi connectivity index (χ4v) is 4.80. The van der Waals surface area contributed by atoms with Crippen LogP contribution in [0, 0.1) is 5.92 Å². The van der Waals surface area contributed by atoms with Crippen LogP contribution in [0.1, 0.15) is 36.8 Å². The zero-order chi connectivity index (χ0) is 16.9. The van der Waals surface area contributed by atoms with Crippen LogP contribution in [0.3, 0.4) is 0 Å². The first-order chi connectivity index (χ1) is 11.6. The van der Waals surface area contributed by atoms with Crippen LogP contribution in [0.15, 0.2) is 24.3 Å². The Morgan fingerprint density at radius 1 is 1.33 bits per heavy atom. The van der Waals surface area contributed by atoms with Crippen molar-refractivity contribution in [1.29, 1.82) is 0 Å². The van der Waals surface area contributed by atoms with E-state index in [1.165, 1.54) is 11.1 Å². The minimum atomic E-state index is -0.929. The van der Waals surface area contributed by atoms with Gasteiger partial charge < -0.3 is 14.7 Å². The lowest BCUT2D eigenvalue weighted by Gasteiger charge is -2.28. The number of carboxylic acid groups (broad SMARTS) is 1. The lowest BCUT2D eigenvalue weighted by atomic mass is 9.78. The Hall–Kier alpha value is -1.88. The van der Waals surface area contributed by atoms with Crippen LogP contribution in [0.2, 0.25) is 0 Å². The molecule has 0 aromatic heterocycles. The van der Waals surface area contributed by atoms with Crippen molar-refractivity contribution in [2.45, 2.75) is 49.7 Å². The van der Waals surface area contributed by atoms with Gasteiger partial charge in [-0.25, -0.2) is 4.79 Å². The number of carbonyl (C=O) groups excluding carboxylic acids is 1. The summed E-state index contributed by atoms with van der Waals surface area (Å²) in [7, 11) is 1.58. The highest BCUT2D eigenvalue weighted by Crippen LogP contribution is 2.61. The standard InChI is InChI=1S/C19H23NO4/c1-24-13-9-16(18(22)23)20(11-13)17(21)15-10-19(15)8-4-6-12-5-2-3-7-14(12)19/h2-3,5,7,13,15-16H,4,6,8-11H2,1H3,(H,22,23). The molecule has 128 valence electrons. The molecule has 0 bridgehead atoms. The van der Waals surface area contributed by atoms with E-state index in [-0.39, 0.29) is 23.3 Å². The number of likely N-dealkylation sites (tertiary alicyclic amines) is 1. The third-order valence-electron chi connectivity index (χ3n) is 6.16. The Morgan fingerprint density at radius 2 is 2.12 bits per heavy atom. The van der Waals surface area contributed by atoms with Crippen molar-refractivity contribution >= 4 is 11.9 Å². The molecule has 24 heavy (non-hydrogen) atoms. The van der Waals surface area contributed by atoms with E-state index < -0.39 is 12.0 Å². The molecule has 1 spiro atoms. The van der Waals surface area contributed by atoms with Gasteiger partial charge in [-0.2, -0.15) is 0 Å². The number of nitrogens with zero attached hydrogens (tertiary/aromatic N) is 1. The van der Waals surface area contributed by atoms with Gasteiger partial charge in [-0.1, -0.05) is 24.3 Å². The molecule has 5 nitrogen and oxygen atoms in total. The number of carboxylic acids is 1. The van der Waals surface area contributed by atoms with Crippen LogP contribution < -0.4 is 0 Å². The van der Waals surface area contributed by atoms with Gasteiger partial charge in [0.1, 0.15) is 6.04 Å². The fraction of sp³-hybridized carbons (Fsp3) is 0.579. The second-order valence-corrected chi connectivity index (χ2v) is 7.36. The van der Waals surface area contributed by atoms with Crippen molar-refractivity contribution in [1.82, 2.24) is 4.90 Å². The summed E-state index contributed by atoms with van der Waals surface area (Å²) in [4.78, 5) is 26.2. The highest BCUT2D eigenvalue weighted by molar-refractivity contribution is 5.89. The highest BCUT2D eigenvalue weighted by Gasteiger charge is 2.62. The van der Waals surface area contributed by atoms with E-state index in [9.17, 15) is 14.7 Å². The summed E-state index contributed by atoms with van der Waals surface area (Å²) in [5.74, 6) is -1.00. The molecule has 5 heteroatoms. The third kappa shape index (κ3) is 2.25. The van der Waals surface area contributed by atoms with Gasteiger partial charge in [-0.15, -0.1) is 0 Å². The van der Waals surface area contributed by atoms with Crippen molar-refractivity contribution in [3.63, 3.8) is 0 Å². The van der Waals surface area contributed by atoms with E-state index in [2.05, 4.69) is 18.2 Å². The second-order valence-electron chi connectivity index (χ2n) is 7.36. The van der Waals surface area contributed by atoms with Gasteiger partial charge in [0.2, 0.25) is 5.91 Å². The number of hydrogen-bond acceptors (Lipinski definition) is 3. The molecule has 1 heterocycles. The molecule has 1 saturated carbocycles. The molecule has 2 aliphatic carbocycles. The number of methoxy groups -OCH3 is 1. The predicted octanol–water partition coefficient (Wildman–Crippen LogP) is 1.98. The molecule has 1 amide bonds. The van der Waals surface area contributed by atoms with Crippen molar-refractivity contribution in [2.24, 2.45) is 5.92 Å². The van der Waals surface area contributed by atoms with Crippen LogP contribution in [0.25, 0.3) is 0 Å². The third-order valence-corrected chi connectivity index (χ3v) is 6.16. The van der Waals surface area contributed by atoms with Gasteiger partial charge >= 0.3 is 5.97 Å². The van der Waals surface area contributed by atoms with Gasteiger partial charge in [0, 0.05) is 31.4 Å². The van der Waals surface area contributed by atoms with Crippen molar-refractivity contribution in [3.8, 4) is 0 Å². The van der Waals surface area contributed by atoms with Crippen molar-refractivity contribution in [2.75, 3.05) is 13.7 Å². The molecule has 4 rings (SSSR count). The Kier molecular flexibility index (Phi) is 3.64. The minimum absolute atomic E-state index is 0.00125. The zero-order valence-corrected chi connectivity index (χ0v) is 13.9. The summed E-state index contributed by atoms with van der Waals surface area (Å²) >= 11 is 0. The maximum Gasteiger partial charge on any atom is 0.326 e. The first-order valence-corrected chi connectivity index (χ1v) is 8.71. The van der Waals surface area contributed by atoms with Gasteiger partial charge in [-0.05, 0) is 36.8 Å². The largest absolute Gasteiger partial charge is 0.480 e. The Bertz CT molecular complexity index is 688. The van der Waals surface area contributed by atoms with E-state index in [1.807, 2.05) is 6.07 Å². The molecule has 2 fully saturated rings. The first kappa shape index (κ1) is 15.6. The maximum atomic E-state index is 13.1. The SMILES string of the molecule is COC1CC(C(=O)O)N(C(=O)C2CC23CCCc2ccccc23)C1. The Morgan fingerprint density at radius 3 is 2.88 bits per heavy atom. The van der Waals surface area contributed by atoms with Crippen LogP contribution in [0.5, 0.6) is 0 Å². The summed E-state index contributed by atoms with van der Waals surface area (Å²) in [5, 5.41) is 9.46. The van der Waals surface area contributed by atoms with Gasteiger partial charge in [0.25, 0.3) is 0 Å². The van der Waals surface area contributed by atoms with E-state index in [1.54, 1.807) is 12.0 Å². The molecule has 4 atom stereocenters. The number of hydrogen-bond donors (Lipinski definition) is 1. The molecule has 1 N–H and O–H groups in total. The van der Waals surface area contributed by atoms with Crippen LogP contribution in [-0.2, 0) is 26.2 Å². The average Bonchev–Trinajstić information content (AvgIpc) is 3.12. The molecule has 1 aromatic carbocycles. The zero-order valence-electron chi connectivity index (χ0n) is 13.9. The maximum absolute atomic E-state index is 13.1. The average molecular weight is 329 g/mol. The summed E-state index contributed by atoms with van der Waals surface area (Å²) in [6, 6.07) is 7.66. The fourth-order valence-electron chi connectivity index (χ4n) is 4.80. The van der Waals surface area contributed by atoms with Crippen LogP contribution in [0.4, 0.5) is 0 Å². The van der Waals surface area contributed by atoms with E-state index in [0.29, 0.717) is 13.0 Å². The molecule has 1 aromatic rings. The summed E-state index contributed by atoms with van der Waals surface area (Å²) in [6.07, 6.45) is 4.26. The number of benzene rings is 1. The minimum Gasteiger partial charge on any atom is -0.480 e. The molecule has 3 aliphatic rings. The van der Waals surface area contributed by atoms with Crippen LogP contribution in [-0.4, -0.2) is 47.7 Å². The lowest BCUT2D eigenvalue weighted by Crippen LogP contribution is -2.42. The molecule has 1 aliphatic heterocycles. The predicted molar refractivity (Wildman–Crippen MR) is 87.7 cm³/mol. The number of fused-ring (bicyclic) bond motifs is 2. The number of rotatable bonds is 3. The van der Waals surface area contributed by atoms with E-state index in [4.69, 9.17) is 4.74 Å². The van der Waals surface area contributed by atoms with Gasteiger partial charge in [0.05, 0.1) is 6.10 Å². The molecular formula is C19H23NO4. The van der Waals surface area contributed by atoms with Gasteiger partial charge in [0.15, 0.2) is 0 Å². The highest BCUT2D eigenvalue weighted by atomic mass is 16.5. The van der Waals surface area contributed by atoms with Crippen molar-refractivity contribution < 1.29 is 19.4 Å². The molecular weight excluding hydrogens is 306 g/mol. The molecule has 4 unspecified atom stereocenters. The smallest absolute Gasteiger partial charge is 0.326 e. The molecule has 1 saturated heterocycles. The first-order valence-electron chi connectivity index (χ1n) is 8.71. The Balaban J connectivity index is 1.58. The summed E-state index contributed by atoms with van der Waals surface area (Å²) in [5.41, 5.74) is 2.61. The lowest BCUT2D eigenvalue weighted by molar-refractivity contribution is -0.148. The number of ether oxygens (including phenoxy) is 1. The monoisotopic (exact) mass is 329 g/mol. The number of aliphatic carboxylic acids is 1. The van der Waals surface area contributed by atoms with Crippen molar-refractivity contribution in [3.05, 3.63) is 35.4 Å². The second kappa shape index (κ2) is 5.59. The van der Waals surface area contributed by atoms with Crippen LogP contribution >= 0.6 is 0 Å². The normalized spacial score (nSPS) is 34.2. The number of carbonyl (C=O) groups is 2. The van der Waals surface area contributed by atoms with Gasteiger partial charge in [-0.3, -0.25) is 4.79 Å².